The van der Waals surface area contributed by atoms with Crippen molar-refractivity contribution in [1.29, 1.82) is 0 Å². The van der Waals surface area contributed by atoms with Gasteiger partial charge in [0.25, 0.3) is 0 Å². The predicted molar refractivity (Wildman–Crippen MR) is 110 cm³/mol. The third kappa shape index (κ3) is 3.15. The number of aryl methyl sites for hydroxylation is 1. The van der Waals surface area contributed by atoms with E-state index in [0.717, 1.165) is 47.3 Å². The predicted octanol–water partition coefficient (Wildman–Crippen LogP) is 3.61. The van der Waals surface area contributed by atoms with Crippen LogP contribution in [-0.2, 0) is 6.54 Å². The Morgan fingerprint density at radius 3 is 2.67 bits per heavy atom. The fourth-order valence-corrected chi connectivity index (χ4v) is 3.62. The van der Waals surface area contributed by atoms with Crippen molar-refractivity contribution in [2.75, 3.05) is 27.7 Å². The molecule has 0 aromatic heterocycles. The number of hydrogen-bond donors (Lipinski definition) is 0. The fraction of sp³-hybridized carbons (Fsp3) is 0.273. The molecular weight excluding hydrogens is 338 g/mol. The van der Waals surface area contributed by atoms with Gasteiger partial charge in [0.05, 0.1) is 29.5 Å². The van der Waals surface area contributed by atoms with Gasteiger partial charge in [-0.3, -0.25) is 4.79 Å². The summed E-state index contributed by atoms with van der Waals surface area (Å²) in [4.78, 5) is 19.9. The molecule has 1 heterocycles. The number of nitrogens with zero attached hydrogens (tertiary/aromatic N) is 3. The minimum atomic E-state index is -0.00478. The highest BCUT2D eigenvalue weighted by molar-refractivity contribution is 5.98. The highest BCUT2D eigenvalue weighted by Crippen LogP contribution is 2.32. The molecule has 138 valence electrons. The molecule has 5 heteroatoms. The molecule has 0 saturated carbocycles. The zero-order valence-electron chi connectivity index (χ0n) is 15.9. The molecule has 2 aromatic rings. The van der Waals surface area contributed by atoms with Gasteiger partial charge in [0.1, 0.15) is 5.75 Å². The molecule has 0 amide bonds. The van der Waals surface area contributed by atoms with Gasteiger partial charge >= 0.3 is 0 Å². The van der Waals surface area contributed by atoms with Crippen LogP contribution in [0, 0.1) is 0 Å². The number of hydrogen-bond acceptors (Lipinski definition) is 4. The smallest absolute Gasteiger partial charge is 0.188 e. The van der Waals surface area contributed by atoms with Crippen molar-refractivity contribution in [2.45, 2.75) is 13.0 Å². The second-order valence-corrected chi connectivity index (χ2v) is 7.06. The minimum absolute atomic E-state index is 0.00478. The summed E-state index contributed by atoms with van der Waals surface area (Å²) in [5.74, 6) is 0.679. The van der Waals surface area contributed by atoms with Crippen LogP contribution in [0.5, 0.6) is 5.75 Å². The molecular formula is C22H23N3O2. The second kappa shape index (κ2) is 7.00. The van der Waals surface area contributed by atoms with Gasteiger partial charge in [-0.2, -0.15) is 0 Å². The van der Waals surface area contributed by atoms with Crippen LogP contribution in [0.25, 0.3) is 33.2 Å². The van der Waals surface area contributed by atoms with Crippen molar-refractivity contribution in [2.24, 2.45) is 0 Å². The van der Waals surface area contributed by atoms with Gasteiger partial charge in [-0.1, -0.05) is 12.1 Å². The first-order valence-corrected chi connectivity index (χ1v) is 9.13. The first-order chi connectivity index (χ1) is 13.1. The Morgan fingerprint density at radius 1 is 1.07 bits per heavy atom. The van der Waals surface area contributed by atoms with Crippen LogP contribution >= 0.6 is 0 Å². The van der Waals surface area contributed by atoms with Crippen LogP contribution < -0.4 is 10.2 Å². The van der Waals surface area contributed by atoms with E-state index in [-0.39, 0.29) is 5.43 Å². The number of aromatic nitrogens is 2. The highest BCUT2D eigenvalue weighted by Gasteiger charge is 2.18. The summed E-state index contributed by atoms with van der Waals surface area (Å²) in [6.07, 6.45) is 0.996. The van der Waals surface area contributed by atoms with E-state index in [1.54, 1.807) is 19.2 Å². The van der Waals surface area contributed by atoms with Crippen LogP contribution in [0.4, 0.5) is 0 Å². The molecule has 0 unspecified atom stereocenters. The number of methoxy groups -OCH3 is 1. The normalized spacial score (nSPS) is 11.7. The molecule has 27 heavy (non-hydrogen) atoms. The third-order valence-corrected chi connectivity index (χ3v) is 4.94. The lowest BCUT2D eigenvalue weighted by atomic mass is 10.0. The average molecular weight is 361 g/mol. The molecule has 4 rings (SSSR count). The third-order valence-electron chi connectivity index (χ3n) is 4.94. The molecule has 0 atom stereocenters. The van der Waals surface area contributed by atoms with Crippen molar-refractivity contribution in [3.8, 4) is 17.1 Å². The lowest BCUT2D eigenvalue weighted by Crippen LogP contribution is -2.17. The van der Waals surface area contributed by atoms with Crippen LogP contribution in [0.3, 0.4) is 0 Å². The van der Waals surface area contributed by atoms with Crippen molar-refractivity contribution >= 4 is 21.8 Å². The Hall–Kier alpha value is -2.92. The maximum Gasteiger partial charge on any atom is 0.188 e. The van der Waals surface area contributed by atoms with Crippen LogP contribution in [0.1, 0.15) is 6.42 Å². The van der Waals surface area contributed by atoms with Gasteiger partial charge in [0.15, 0.2) is 5.43 Å². The van der Waals surface area contributed by atoms with Gasteiger partial charge < -0.3 is 14.2 Å². The van der Waals surface area contributed by atoms with Gasteiger partial charge in [0, 0.05) is 23.4 Å². The molecule has 5 nitrogen and oxygen atoms in total. The maximum absolute atomic E-state index is 12.8. The lowest BCUT2D eigenvalue weighted by Gasteiger charge is -2.20. The molecule has 2 aromatic carbocycles. The van der Waals surface area contributed by atoms with Gasteiger partial charge in [-0.15, -0.1) is 0 Å². The molecule has 0 bridgehead atoms. The number of fused-ring (bicyclic) bond motifs is 4. The molecule has 1 aliphatic carbocycles. The van der Waals surface area contributed by atoms with Crippen molar-refractivity contribution in [3.05, 3.63) is 58.8 Å². The molecule has 0 spiro atoms. The first kappa shape index (κ1) is 17.5. The van der Waals surface area contributed by atoms with E-state index >= 15 is 0 Å². The molecule has 0 saturated heterocycles. The van der Waals surface area contributed by atoms with E-state index in [4.69, 9.17) is 9.72 Å². The Kier molecular flexibility index (Phi) is 4.54. The van der Waals surface area contributed by atoms with Gasteiger partial charge in [-0.25, -0.2) is 4.98 Å². The van der Waals surface area contributed by atoms with E-state index in [9.17, 15) is 4.79 Å². The number of rotatable bonds is 5. The summed E-state index contributed by atoms with van der Waals surface area (Å²) in [5.41, 5.74) is 3.72. The standard InChI is InChI=1S/C22H23N3O2/c1-24(2)11-6-12-25-19-8-5-4-7-18(19)23-22-16-10-9-15(27-3)13-17(16)21(26)14-20(22)25/h4-5,7-10,13-14H,6,11-12H2,1-3H3. The monoisotopic (exact) mass is 361 g/mol. The molecule has 2 aliphatic rings. The van der Waals surface area contributed by atoms with Gasteiger partial charge in [0.2, 0.25) is 0 Å². The topological polar surface area (TPSA) is 47.4 Å². The summed E-state index contributed by atoms with van der Waals surface area (Å²) < 4.78 is 7.52. The Bertz CT molecular complexity index is 1150. The lowest BCUT2D eigenvalue weighted by molar-refractivity contribution is 0.388. The van der Waals surface area contributed by atoms with Gasteiger partial charge in [-0.05, 0) is 57.4 Å². The maximum atomic E-state index is 12.8. The van der Waals surface area contributed by atoms with E-state index in [0.29, 0.717) is 11.1 Å². The molecule has 1 aliphatic heterocycles. The largest absolute Gasteiger partial charge is 0.497 e. The summed E-state index contributed by atoms with van der Waals surface area (Å²) >= 11 is 0. The average Bonchev–Trinajstić information content (AvgIpc) is 2.67. The highest BCUT2D eigenvalue weighted by atomic mass is 16.5. The molecule has 0 radical (unpaired) electrons. The minimum Gasteiger partial charge on any atom is -0.497 e. The molecule has 0 N–H and O–H groups in total. The number of benzene rings is 3. The zero-order valence-corrected chi connectivity index (χ0v) is 15.9. The second-order valence-electron chi connectivity index (χ2n) is 7.06. The van der Waals surface area contributed by atoms with E-state index in [2.05, 4.69) is 29.6 Å². The van der Waals surface area contributed by atoms with Crippen molar-refractivity contribution in [1.82, 2.24) is 14.5 Å². The summed E-state index contributed by atoms with van der Waals surface area (Å²) in [6.45, 7) is 1.82. The quantitative estimate of drug-likeness (QED) is 0.402. The van der Waals surface area contributed by atoms with Crippen LogP contribution in [0.15, 0.2) is 53.3 Å². The van der Waals surface area contributed by atoms with E-state index in [1.165, 1.54) is 0 Å². The fourth-order valence-electron chi connectivity index (χ4n) is 3.62. The summed E-state index contributed by atoms with van der Waals surface area (Å²) in [6, 6.07) is 15.4. The van der Waals surface area contributed by atoms with E-state index < -0.39 is 0 Å². The Morgan fingerprint density at radius 2 is 1.89 bits per heavy atom. The Balaban J connectivity index is 2.01. The molecule has 0 fully saturated rings. The van der Waals surface area contributed by atoms with Crippen LogP contribution in [0.2, 0.25) is 0 Å². The Labute approximate surface area is 158 Å². The number of para-hydroxylation sites is 2. The summed E-state index contributed by atoms with van der Waals surface area (Å²) in [5, 5.41) is 1.51. The first-order valence-electron chi connectivity index (χ1n) is 9.13. The zero-order chi connectivity index (χ0) is 19.0. The SMILES string of the molecule is COc1ccc2c3nc4ccccc4n(CCCN(C)C)c-3cc(=O)c2c1. The van der Waals surface area contributed by atoms with Crippen LogP contribution in [-0.4, -0.2) is 42.2 Å². The van der Waals surface area contributed by atoms with Crippen molar-refractivity contribution < 1.29 is 4.74 Å². The van der Waals surface area contributed by atoms with Crippen molar-refractivity contribution in [3.63, 3.8) is 0 Å². The van der Waals surface area contributed by atoms with E-state index in [1.807, 2.05) is 30.3 Å². The summed E-state index contributed by atoms with van der Waals surface area (Å²) in [7, 11) is 5.76. The number of ether oxygens (including phenoxy) is 1.